The summed E-state index contributed by atoms with van der Waals surface area (Å²) in [5.74, 6) is 2.86. The number of ether oxygens (including phenoxy) is 1. The summed E-state index contributed by atoms with van der Waals surface area (Å²) in [6.07, 6.45) is 6.82. The molecule has 0 spiro atoms. The van der Waals surface area contributed by atoms with Crippen LogP contribution < -0.4 is 4.74 Å². The molecule has 0 radical (unpaired) electrons. The summed E-state index contributed by atoms with van der Waals surface area (Å²) >= 11 is 0. The van der Waals surface area contributed by atoms with Crippen LogP contribution in [-0.4, -0.2) is 17.8 Å². The Labute approximate surface area is 122 Å². The van der Waals surface area contributed by atoms with E-state index in [0.717, 1.165) is 31.1 Å². The Kier molecular flexibility index (Phi) is 4.30. The minimum Gasteiger partial charge on any atom is -0.493 e. The summed E-state index contributed by atoms with van der Waals surface area (Å²) < 4.78 is 5.71. The minimum absolute atomic E-state index is 0.136. The Hall–Kier alpha value is -1.02. The normalized spacial score (nSPS) is 30.6. The molecule has 2 nitrogen and oxygen atoms in total. The van der Waals surface area contributed by atoms with Gasteiger partial charge in [-0.05, 0) is 55.1 Å². The first kappa shape index (κ1) is 13.9. The molecule has 0 amide bonds. The van der Waals surface area contributed by atoms with Gasteiger partial charge in [-0.1, -0.05) is 38.0 Å². The monoisotopic (exact) mass is 274 g/mol. The molecule has 20 heavy (non-hydrogen) atoms. The zero-order chi connectivity index (χ0) is 13.9. The molecule has 1 N–H and O–H groups in total. The average molecular weight is 274 g/mol. The molecular weight excluding hydrogens is 248 g/mol. The SMILES string of the molecule is CCC1CCC(C(O)CC2CCOc3ccccc32)C1. The zero-order valence-electron chi connectivity index (χ0n) is 12.4. The van der Waals surface area contributed by atoms with Crippen LogP contribution in [0.3, 0.4) is 0 Å². The van der Waals surface area contributed by atoms with Crippen molar-refractivity contribution in [1.29, 1.82) is 0 Å². The van der Waals surface area contributed by atoms with E-state index in [1.807, 2.05) is 6.07 Å². The molecule has 1 saturated carbocycles. The van der Waals surface area contributed by atoms with Gasteiger partial charge in [-0.25, -0.2) is 0 Å². The van der Waals surface area contributed by atoms with E-state index in [1.54, 1.807) is 0 Å². The Morgan fingerprint density at radius 2 is 2.10 bits per heavy atom. The number of benzene rings is 1. The van der Waals surface area contributed by atoms with Crippen LogP contribution in [0.1, 0.15) is 56.9 Å². The van der Waals surface area contributed by atoms with E-state index in [0.29, 0.717) is 11.8 Å². The Morgan fingerprint density at radius 1 is 1.25 bits per heavy atom. The van der Waals surface area contributed by atoms with Gasteiger partial charge in [-0.15, -0.1) is 0 Å². The third-order valence-corrected chi connectivity index (χ3v) is 5.31. The largest absolute Gasteiger partial charge is 0.493 e. The highest BCUT2D eigenvalue weighted by Gasteiger charge is 2.32. The maximum atomic E-state index is 10.6. The van der Waals surface area contributed by atoms with Crippen molar-refractivity contribution < 1.29 is 9.84 Å². The van der Waals surface area contributed by atoms with Gasteiger partial charge in [0.2, 0.25) is 0 Å². The summed E-state index contributed by atoms with van der Waals surface area (Å²) in [6, 6.07) is 8.32. The summed E-state index contributed by atoms with van der Waals surface area (Å²) in [6.45, 7) is 3.06. The van der Waals surface area contributed by atoms with Crippen molar-refractivity contribution in [2.24, 2.45) is 11.8 Å². The topological polar surface area (TPSA) is 29.5 Å². The van der Waals surface area contributed by atoms with Gasteiger partial charge in [0.1, 0.15) is 5.75 Å². The van der Waals surface area contributed by atoms with Crippen molar-refractivity contribution in [2.75, 3.05) is 6.61 Å². The molecule has 1 fully saturated rings. The van der Waals surface area contributed by atoms with E-state index < -0.39 is 0 Å². The number of fused-ring (bicyclic) bond motifs is 1. The van der Waals surface area contributed by atoms with Crippen LogP contribution in [0.4, 0.5) is 0 Å². The lowest BCUT2D eigenvalue weighted by Gasteiger charge is -2.29. The van der Waals surface area contributed by atoms with Crippen LogP contribution >= 0.6 is 0 Å². The van der Waals surface area contributed by atoms with Crippen LogP contribution in [-0.2, 0) is 0 Å². The van der Waals surface area contributed by atoms with E-state index in [1.165, 1.54) is 31.2 Å². The average Bonchev–Trinajstić information content (AvgIpc) is 2.97. The number of hydrogen-bond acceptors (Lipinski definition) is 2. The second kappa shape index (κ2) is 6.17. The molecule has 1 aromatic rings. The fraction of sp³-hybridized carbons (Fsp3) is 0.667. The van der Waals surface area contributed by atoms with E-state index in [2.05, 4.69) is 25.1 Å². The van der Waals surface area contributed by atoms with Crippen molar-refractivity contribution in [2.45, 2.75) is 57.5 Å². The standard InChI is InChI=1S/C18H26O2/c1-2-13-7-8-15(11-13)17(19)12-14-9-10-20-18-6-4-3-5-16(14)18/h3-6,13-15,17,19H,2,7-12H2,1H3. The predicted molar refractivity (Wildman–Crippen MR) is 81.0 cm³/mol. The molecule has 0 bridgehead atoms. The third kappa shape index (κ3) is 2.85. The van der Waals surface area contributed by atoms with Gasteiger partial charge in [0.05, 0.1) is 12.7 Å². The van der Waals surface area contributed by atoms with Gasteiger partial charge < -0.3 is 9.84 Å². The van der Waals surface area contributed by atoms with Gasteiger partial charge in [-0.3, -0.25) is 0 Å². The maximum Gasteiger partial charge on any atom is 0.122 e. The molecule has 4 atom stereocenters. The molecule has 0 saturated heterocycles. The van der Waals surface area contributed by atoms with Crippen molar-refractivity contribution in [3.63, 3.8) is 0 Å². The van der Waals surface area contributed by atoms with Crippen LogP contribution in [0.25, 0.3) is 0 Å². The summed E-state index contributed by atoms with van der Waals surface area (Å²) in [4.78, 5) is 0. The van der Waals surface area contributed by atoms with Crippen molar-refractivity contribution in [1.82, 2.24) is 0 Å². The molecule has 4 unspecified atom stereocenters. The number of para-hydroxylation sites is 1. The third-order valence-electron chi connectivity index (χ3n) is 5.31. The fourth-order valence-corrected chi connectivity index (χ4v) is 3.98. The molecule has 3 rings (SSSR count). The highest BCUT2D eigenvalue weighted by molar-refractivity contribution is 5.37. The minimum atomic E-state index is -0.136. The molecule has 2 aliphatic rings. The zero-order valence-corrected chi connectivity index (χ0v) is 12.4. The molecule has 2 heteroatoms. The lowest BCUT2D eigenvalue weighted by atomic mass is 9.84. The highest BCUT2D eigenvalue weighted by atomic mass is 16.5. The Morgan fingerprint density at radius 3 is 2.90 bits per heavy atom. The number of aliphatic hydroxyl groups is 1. The molecule has 1 aromatic carbocycles. The van der Waals surface area contributed by atoms with Crippen molar-refractivity contribution in [3.8, 4) is 5.75 Å². The van der Waals surface area contributed by atoms with Gasteiger partial charge in [0.15, 0.2) is 0 Å². The van der Waals surface area contributed by atoms with E-state index in [-0.39, 0.29) is 6.10 Å². The summed E-state index contributed by atoms with van der Waals surface area (Å²) in [5, 5.41) is 10.6. The predicted octanol–water partition coefficient (Wildman–Crippen LogP) is 4.13. The van der Waals surface area contributed by atoms with E-state index >= 15 is 0 Å². The highest BCUT2D eigenvalue weighted by Crippen LogP contribution is 2.41. The van der Waals surface area contributed by atoms with Gasteiger partial charge in [0.25, 0.3) is 0 Å². The quantitative estimate of drug-likeness (QED) is 0.894. The lowest BCUT2D eigenvalue weighted by Crippen LogP contribution is -2.24. The Balaban J connectivity index is 1.64. The van der Waals surface area contributed by atoms with Gasteiger partial charge >= 0.3 is 0 Å². The molecular formula is C18H26O2. The van der Waals surface area contributed by atoms with Crippen LogP contribution in [0, 0.1) is 11.8 Å². The van der Waals surface area contributed by atoms with Gasteiger partial charge in [-0.2, -0.15) is 0 Å². The number of aliphatic hydroxyl groups excluding tert-OH is 1. The van der Waals surface area contributed by atoms with Crippen LogP contribution in [0.5, 0.6) is 5.75 Å². The van der Waals surface area contributed by atoms with Crippen LogP contribution in [0.15, 0.2) is 24.3 Å². The Bertz CT molecular complexity index is 443. The second-order valence-electron chi connectivity index (χ2n) is 6.52. The van der Waals surface area contributed by atoms with Crippen LogP contribution in [0.2, 0.25) is 0 Å². The first-order chi connectivity index (χ1) is 9.78. The molecule has 1 heterocycles. The van der Waals surface area contributed by atoms with Crippen molar-refractivity contribution >= 4 is 0 Å². The first-order valence-electron chi connectivity index (χ1n) is 8.17. The molecule has 0 aromatic heterocycles. The maximum absolute atomic E-state index is 10.6. The van der Waals surface area contributed by atoms with E-state index in [4.69, 9.17) is 4.74 Å². The summed E-state index contributed by atoms with van der Waals surface area (Å²) in [5.41, 5.74) is 1.29. The van der Waals surface area contributed by atoms with Crippen molar-refractivity contribution in [3.05, 3.63) is 29.8 Å². The smallest absolute Gasteiger partial charge is 0.122 e. The molecule has 1 aliphatic carbocycles. The molecule has 110 valence electrons. The second-order valence-corrected chi connectivity index (χ2v) is 6.52. The summed E-state index contributed by atoms with van der Waals surface area (Å²) in [7, 11) is 0. The lowest BCUT2D eigenvalue weighted by molar-refractivity contribution is 0.0859. The fourth-order valence-electron chi connectivity index (χ4n) is 3.98. The number of hydrogen-bond donors (Lipinski definition) is 1. The number of rotatable bonds is 4. The molecule has 1 aliphatic heterocycles. The van der Waals surface area contributed by atoms with Gasteiger partial charge in [0, 0.05) is 0 Å². The first-order valence-corrected chi connectivity index (χ1v) is 8.17. The van der Waals surface area contributed by atoms with E-state index in [9.17, 15) is 5.11 Å².